The molecule has 2 fully saturated rings. The Morgan fingerprint density at radius 2 is 1.95 bits per heavy atom. The summed E-state index contributed by atoms with van der Waals surface area (Å²) in [6.07, 6.45) is 4.63. The Hall–Kier alpha value is -1.11. The molecule has 21 heavy (non-hydrogen) atoms. The number of fused-ring (bicyclic) bond motifs is 2. The first kappa shape index (κ1) is 14.8. The summed E-state index contributed by atoms with van der Waals surface area (Å²) in [6, 6.07) is 8.65. The number of nitrogens with two attached hydrogens (primary N) is 1. The van der Waals surface area contributed by atoms with Gasteiger partial charge in [0, 0.05) is 23.8 Å². The number of piperidine rings is 1. The molecule has 2 unspecified atom stereocenters. The molecule has 116 valence electrons. The molecule has 3 rings (SSSR count). The van der Waals surface area contributed by atoms with E-state index >= 15 is 0 Å². The molecule has 6 heteroatoms. The summed E-state index contributed by atoms with van der Waals surface area (Å²) in [5.41, 5.74) is 0.990. The third-order valence-electron chi connectivity index (χ3n) is 4.67. The maximum absolute atomic E-state index is 11.5. The zero-order valence-electron chi connectivity index (χ0n) is 12.3. The molecular formula is C15H23N3O2S. The highest BCUT2D eigenvalue weighted by Crippen LogP contribution is 2.39. The Morgan fingerprint density at radius 1 is 1.29 bits per heavy atom. The van der Waals surface area contributed by atoms with E-state index in [1.807, 2.05) is 6.07 Å². The van der Waals surface area contributed by atoms with Gasteiger partial charge in [-0.25, -0.2) is 13.6 Å². The number of nitrogens with zero attached hydrogens (tertiary/aromatic N) is 1. The van der Waals surface area contributed by atoms with Crippen molar-refractivity contribution in [1.82, 2.24) is 5.32 Å². The number of anilines is 1. The van der Waals surface area contributed by atoms with Gasteiger partial charge < -0.3 is 10.2 Å². The second-order valence-corrected chi connectivity index (χ2v) is 7.62. The Morgan fingerprint density at radius 3 is 2.52 bits per heavy atom. The van der Waals surface area contributed by atoms with Crippen molar-refractivity contribution >= 4 is 15.7 Å². The van der Waals surface area contributed by atoms with Crippen molar-refractivity contribution in [2.24, 2.45) is 5.14 Å². The summed E-state index contributed by atoms with van der Waals surface area (Å²) >= 11 is 0. The molecule has 2 heterocycles. The van der Waals surface area contributed by atoms with Gasteiger partial charge in [-0.05, 0) is 50.4 Å². The fourth-order valence-corrected chi connectivity index (χ4v) is 4.43. The van der Waals surface area contributed by atoms with Crippen LogP contribution in [0.1, 0.15) is 32.6 Å². The quantitative estimate of drug-likeness (QED) is 0.882. The Bertz CT molecular complexity index is 603. The van der Waals surface area contributed by atoms with Gasteiger partial charge in [-0.15, -0.1) is 0 Å². The van der Waals surface area contributed by atoms with Crippen molar-refractivity contribution in [2.75, 3.05) is 11.4 Å². The molecule has 0 aliphatic carbocycles. The van der Waals surface area contributed by atoms with Crippen LogP contribution in [-0.4, -0.2) is 33.1 Å². The van der Waals surface area contributed by atoms with E-state index in [4.69, 9.17) is 5.14 Å². The van der Waals surface area contributed by atoms with Crippen LogP contribution in [0.15, 0.2) is 29.2 Å². The number of nitrogens with one attached hydrogen (secondary N) is 1. The molecular weight excluding hydrogens is 286 g/mol. The molecule has 2 atom stereocenters. The Kier molecular flexibility index (Phi) is 3.94. The number of benzene rings is 1. The molecule has 0 aromatic heterocycles. The van der Waals surface area contributed by atoms with Crippen LogP contribution in [0.25, 0.3) is 0 Å². The van der Waals surface area contributed by atoms with Gasteiger partial charge in [0.25, 0.3) is 0 Å². The molecule has 0 spiro atoms. The highest BCUT2D eigenvalue weighted by Gasteiger charge is 2.40. The third kappa shape index (κ3) is 2.93. The van der Waals surface area contributed by atoms with E-state index in [1.54, 1.807) is 18.2 Å². The molecule has 1 aromatic carbocycles. The van der Waals surface area contributed by atoms with Crippen molar-refractivity contribution < 1.29 is 8.42 Å². The van der Waals surface area contributed by atoms with E-state index in [0.29, 0.717) is 18.1 Å². The van der Waals surface area contributed by atoms with Crippen molar-refractivity contribution in [3.63, 3.8) is 0 Å². The van der Waals surface area contributed by atoms with Crippen LogP contribution in [-0.2, 0) is 10.0 Å². The molecule has 2 saturated heterocycles. The minimum atomic E-state index is -3.64. The van der Waals surface area contributed by atoms with Gasteiger partial charge in [0.05, 0.1) is 4.90 Å². The van der Waals surface area contributed by atoms with Crippen LogP contribution in [0.2, 0.25) is 0 Å². The van der Waals surface area contributed by atoms with E-state index in [2.05, 4.69) is 17.1 Å². The predicted octanol–water partition coefficient (Wildman–Crippen LogP) is 1.44. The van der Waals surface area contributed by atoms with Crippen molar-refractivity contribution in [2.45, 2.75) is 55.6 Å². The van der Waals surface area contributed by atoms with Gasteiger partial charge in [-0.3, -0.25) is 0 Å². The van der Waals surface area contributed by atoms with Gasteiger partial charge in [-0.2, -0.15) is 0 Å². The van der Waals surface area contributed by atoms with E-state index in [-0.39, 0.29) is 4.90 Å². The van der Waals surface area contributed by atoms with Gasteiger partial charge in [0.2, 0.25) is 10.0 Å². The van der Waals surface area contributed by atoms with Crippen LogP contribution in [0.5, 0.6) is 0 Å². The minimum Gasteiger partial charge on any atom is -0.365 e. The van der Waals surface area contributed by atoms with Crippen molar-refractivity contribution in [3.8, 4) is 0 Å². The predicted molar refractivity (Wildman–Crippen MR) is 83.8 cm³/mol. The zero-order chi connectivity index (χ0) is 15.0. The van der Waals surface area contributed by atoms with Gasteiger partial charge in [0.1, 0.15) is 0 Å². The van der Waals surface area contributed by atoms with Gasteiger partial charge in [0.15, 0.2) is 0 Å². The second kappa shape index (κ2) is 5.59. The largest absolute Gasteiger partial charge is 0.365 e. The van der Waals surface area contributed by atoms with Gasteiger partial charge in [-0.1, -0.05) is 13.0 Å². The molecule has 0 amide bonds. The number of sulfonamides is 1. The number of rotatable bonds is 4. The van der Waals surface area contributed by atoms with Crippen molar-refractivity contribution in [3.05, 3.63) is 24.3 Å². The van der Waals surface area contributed by atoms with Crippen LogP contribution in [0.4, 0.5) is 5.69 Å². The normalized spacial score (nSPS) is 28.9. The third-order valence-corrected chi connectivity index (χ3v) is 5.58. The first-order chi connectivity index (χ1) is 9.99. The summed E-state index contributed by atoms with van der Waals surface area (Å²) < 4.78 is 23.1. The summed E-state index contributed by atoms with van der Waals surface area (Å²) in [4.78, 5) is 2.61. The molecule has 5 nitrogen and oxygen atoms in total. The standard InChI is InChI=1S/C15H23N3O2S/c1-2-17-11-8-13-6-7-14(9-11)18(13)12-4-3-5-15(10-12)21(16,19)20/h3-5,10-11,13-14,17H,2,6-9H2,1H3,(H2,16,19,20). The monoisotopic (exact) mass is 309 g/mol. The number of hydrogen-bond acceptors (Lipinski definition) is 4. The van der Waals surface area contributed by atoms with E-state index in [0.717, 1.165) is 25.1 Å². The zero-order valence-corrected chi connectivity index (χ0v) is 13.1. The Labute approximate surface area is 126 Å². The number of hydrogen-bond donors (Lipinski definition) is 2. The first-order valence-electron chi connectivity index (χ1n) is 7.63. The molecule has 2 aliphatic rings. The van der Waals surface area contributed by atoms with E-state index in [9.17, 15) is 8.42 Å². The lowest BCUT2D eigenvalue weighted by molar-refractivity contribution is 0.361. The minimum absolute atomic E-state index is 0.202. The van der Waals surface area contributed by atoms with Crippen LogP contribution >= 0.6 is 0 Å². The molecule has 1 aromatic rings. The van der Waals surface area contributed by atoms with Crippen LogP contribution < -0.4 is 15.4 Å². The summed E-state index contributed by atoms with van der Waals surface area (Å²) in [6.45, 7) is 3.15. The summed E-state index contributed by atoms with van der Waals surface area (Å²) in [5, 5.41) is 8.80. The lowest BCUT2D eigenvalue weighted by atomic mass is 9.96. The first-order valence-corrected chi connectivity index (χ1v) is 9.18. The molecule has 2 bridgehead atoms. The number of primary sulfonamides is 1. The van der Waals surface area contributed by atoms with E-state index in [1.165, 1.54) is 12.8 Å². The molecule has 0 saturated carbocycles. The van der Waals surface area contributed by atoms with Crippen LogP contribution in [0, 0.1) is 0 Å². The lowest BCUT2D eigenvalue weighted by Crippen LogP contribution is -2.49. The fraction of sp³-hybridized carbons (Fsp3) is 0.600. The smallest absolute Gasteiger partial charge is 0.238 e. The lowest BCUT2D eigenvalue weighted by Gasteiger charge is -2.41. The summed E-state index contributed by atoms with van der Waals surface area (Å²) in [5.74, 6) is 0. The molecule has 3 N–H and O–H groups in total. The average molecular weight is 309 g/mol. The topological polar surface area (TPSA) is 75.4 Å². The molecule has 0 radical (unpaired) electrons. The maximum atomic E-state index is 11.5. The maximum Gasteiger partial charge on any atom is 0.238 e. The van der Waals surface area contributed by atoms with Crippen molar-refractivity contribution in [1.29, 1.82) is 0 Å². The van der Waals surface area contributed by atoms with E-state index < -0.39 is 10.0 Å². The fourth-order valence-electron chi connectivity index (χ4n) is 3.88. The summed E-state index contributed by atoms with van der Waals surface area (Å²) in [7, 11) is -3.64. The average Bonchev–Trinajstić information content (AvgIpc) is 2.70. The highest BCUT2D eigenvalue weighted by molar-refractivity contribution is 7.89. The van der Waals surface area contributed by atoms with Gasteiger partial charge >= 0.3 is 0 Å². The highest BCUT2D eigenvalue weighted by atomic mass is 32.2. The Balaban J connectivity index is 1.86. The molecule has 2 aliphatic heterocycles. The second-order valence-electron chi connectivity index (χ2n) is 6.06. The van der Waals surface area contributed by atoms with Crippen LogP contribution in [0.3, 0.4) is 0 Å². The SMILES string of the molecule is CCNC1CC2CCC(C1)N2c1cccc(S(N)(=O)=O)c1.